The Morgan fingerprint density at radius 1 is 0.850 bits per heavy atom. The Balaban J connectivity index is 1.89. The molecule has 0 atom stereocenters. The maximum atomic E-state index is 12.0. The molecule has 0 saturated heterocycles. The van der Waals surface area contributed by atoms with E-state index in [-0.39, 0.29) is 5.75 Å². The smallest absolute Gasteiger partial charge is 0.387 e. The quantitative estimate of drug-likeness (QED) is 0.778. The molecule has 2 aromatic carbocycles. The Bertz CT molecular complexity index is 521. The highest BCUT2D eigenvalue weighted by atomic mass is 19.3. The van der Waals surface area contributed by atoms with Gasteiger partial charge in [0.2, 0.25) is 0 Å². The van der Waals surface area contributed by atoms with Gasteiger partial charge >= 0.3 is 6.61 Å². The Morgan fingerprint density at radius 2 is 1.40 bits per heavy atom. The molecule has 0 aliphatic heterocycles. The second-order valence-corrected chi connectivity index (χ2v) is 4.31. The SMILES string of the molecule is CCc1ccc(COc2ccc(OC(F)F)cc2)cc1. The number of ether oxygens (including phenoxy) is 2. The molecule has 2 aromatic rings. The van der Waals surface area contributed by atoms with Crippen LogP contribution in [0.15, 0.2) is 48.5 Å². The van der Waals surface area contributed by atoms with E-state index in [2.05, 4.69) is 23.8 Å². The number of rotatable bonds is 6. The van der Waals surface area contributed by atoms with Crippen LogP contribution in [0.4, 0.5) is 8.78 Å². The molecule has 0 aromatic heterocycles. The first-order valence-electron chi connectivity index (χ1n) is 6.43. The lowest BCUT2D eigenvalue weighted by atomic mass is 10.1. The summed E-state index contributed by atoms with van der Waals surface area (Å²) < 4.78 is 33.8. The third-order valence-corrected chi connectivity index (χ3v) is 2.89. The van der Waals surface area contributed by atoms with E-state index in [1.807, 2.05) is 12.1 Å². The van der Waals surface area contributed by atoms with Crippen molar-refractivity contribution in [3.8, 4) is 11.5 Å². The molecule has 2 nitrogen and oxygen atoms in total. The van der Waals surface area contributed by atoms with Crippen LogP contribution >= 0.6 is 0 Å². The lowest BCUT2D eigenvalue weighted by molar-refractivity contribution is -0.0498. The molecule has 0 radical (unpaired) electrons. The van der Waals surface area contributed by atoms with E-state index in [0.717, 1.165) is 12.0 Å². The highest BCUT2D eigenvalue weighted by Gasteiger charge is 2.04. The number of alkyl halides is 2. The molecule has 0 aliphatic rings. The summed E-state index contributed by atoms with van der Waals surface area (Å²) in [7, 11) is 0. The Hall–Kier alpha value is -2.10. The zero-order valence-electron chi connectivity index (χ0n) is 11.2. The van der Waals surface area contributed by atoms with Crippen molar-refractivity contribution in [1.29, 1.82) is 0 Å². The zero-order chi connectivity index (χ0) is 14.4. The molecule has 20 heavy (non-hydrogen) atoms. The number of hydrogen-bond acceptors (Lipinski definition) is 2. The van der Waals surface area contributed by atoms with Gasteiger partial charge in [-0.2, -0.15) is 8.78 Å². The highest BCUT2D eigenvalue weighted by Crippen LogP contribution is 2.20. The lowest BCUT2D eigenvalue weighted by Gasteiger charge is -2.08. The molecule has 0 fully saturated rings. The van der Waals surface area contributed by atoms with Crippen LogP contribution < -0.4 is 9.47 Å². The van der Waals surface area contributed by atoms with Gasteiger partial charge in [0.25, 0.3) is 0 Å². The van der Waals surface area contributed by atoms with E-state index >= 15 is 0 Å². The molecule has 0 N–H and O–H groups in total. The van der Waals surface area contributed by atoms with Crippen molar-refractivity contribution < 1.29 is 18.3 Å². The minimum Gasteiger partial charge on any atom is -0.489 e. The first-order chi connectivity index (χ1) is 9.67. The maximum absolute atomic E-state index is 12.0. The molecule has 4 heteroatoms. The monoisotopic (exact) mass is 278 g/mol. The second kappa shape index (κ2) is 6.89. The van der Waals surface area contributed by atoms with Crippen LogP contribution in [-0.4, -0.2) is 6.61 Å². The van der Waals surface area contributed by atoms with E-state index in [1.165, 1.54) is 17.7 Å². The number of halogens is 2. The van der Waals surface area contributed by atoms with Crippen molar-refractivity contribution in [1.82, 2.24) is 0 Å². The average molecular weight is 278 g/mol. The number of hydrogen-bond donors (Lipinski definition) is 0. The van der Waals surface area contributed by atoms with Crippen LogP contribution in [0.2, 0.25) is 0 Å². The van der Waals surface area contributed by atoms with Gasteiger partial charge in [-0.25, -0.2) is 0 Å². The third kappa shape index (κ3) is 4.23. The zero-order valence-corrected chi connectivity index (χ0v) is 11.2. The molecule has 0 amide bonds. The van der Waals surface area contributed by atoms with Crippen LogP contribution in [0.25, 0.3) is 0 Å². The fourth-order valence-electron chi connectivity index (χ4n) is 1.76. The van der Waals surface area contributed by atoms with Crippen molar-refractivity contribution in [2.24, 2.45) is 0 Å². The van der Waals surface area contributed by atoms with Gasteiger partial charge in [0.1, 0.15) is 18.1 Å². The highest BCUT2D eigenvalue weighted by molar-refractivity contribution is 5.31. The predicted octanol–water partition coefficient (Wildman–Crippen LogP) is 4.43. The number of aryl methyl sites for hydroxylation is 1. The van der Waals surface area contributed by atoms with Gasteiger partial charge in [-0.1, -0.05) is 31.2 Å². The largest absolute Gasteiger partial charge is 0.489 e. The first-order valence-corrected chi connectivity index (χ1v) is 6.43. The van der Waals surface area contributed by atoms with E-state index in [0.29, 0.717) is 12.4 Å². The number of benzene rings is 2. The van der Waals surface area contributed by atoms with Gasteiger partial charge < -0.3 is 9.47 Å². The average Bonchev–Trinajstić information content (AvgIpc) is 2.46. The molecule has 0 saturated carbocycles. The lowest BCUT2D eigenvalue weighted by Crippen LogP contribution is -2.01. The van der Waals surface area contributed by atoms with Crippen LogP contribution in [-0.2, 0) is 13.0 Å². The molecule has 106 valence electrons. The molecule has 0 heterocycles. The normalized spacial score (nSPS) is 10.6. The standard InChI is InChI=1S/C16H16F2O2/c1-2-12-3-5-13(6-4-12)11-19-14-7-9-15(10-8-14)20-16(17)18/h3-10,16H,2,11H2,1H3. The van der Waals surface area contributed by atoms with Crippen LogP contribution in [0.1, 0.15) is 18.1 Å². The van der Waals surface area contributed by atoms with Gasteiger partial charge in [0.05, 0.1) is 0 Å². The van der Waals surface area contributed by atoms with E-state index in [9.17, 15) is 8.78 Å². The van der Waals surface area contributed by atoms with E-state index in [1.54, 1.807) is 12.1 Å². The molecule has 0 unspecified atom stereocenters. The molecule has 0 spiro atoms. The van der Waals surface area contributed by atoms with Crippen molar-refractivity contribution >= 4 is 0 Å². The van der Waals surface area contributed by atoms with E-state index < -0.39 is 6.61 Å². The molecule has 2 rings (SSSR count). The topological polar surface area (TPSA) is 18.5 Å². The molecular weight excluding hydrogens is 262 g/mol. The Labute approximate surface area is 117 Å². The fourth-order valence-corrected chi connectivity index (χ4v) is 1.76. The van der Waals surface area contributed by atoms with Gasteiger partial charge in [-0.15, -0.1) is 0 Å². The van der Waals surface area contributed by atoms with Crippen LogP contribution in [0.3, 0.4) is 0 Å². The summed E-state index contributed by atoms with van der Waals surface area (Å²) in [5, 5.41) is 0. The summed E-state index contributed by atoms with van der Waals surface area (Å²) in [6.07, 6.45) is 1.01. The summed E-state index contributed by atoms with van der Waals surface area (Å²) in [6.45, 7) is -0.257. The minimum absolute atomic E-state index is 0.125. The van der Waals surface area contributed by atoms with Gasteiger partial charge in [0, 0.05) is 0 Å². The summed E-state index contributed by atoms with van der Waals surface area (Å²) in [6, 6.07) is 14.3. The third-order valence-electron chi connectivity index (χ3n) is 2.89. The van der Waals surface area contributed by atoms with Gasteiger partial charge in [-0.05, 0) is 41.8 Å². The Morgan fingerprint density at radius 3 is 1.95 bits per heavy atom. The summed E-state index contributed by atoms with van der Waals surface area (Å²) in [5.74, 6) is 0.742. The Kier molecular flexibility index (Phi) is 4.93. The van der Waals surface area contributed by atoms with E-state index in [4.69, 9.17) is 4.74 Å². The second-order valence-electron chi connectivity index (χ2n) is 4.31. The van der Waals surface area contributed by atoms with Gasteiger partial charge in [0.15, 0.2) is 0 Å². The predicted molar refractivity (Wildman–Crippen MR) is 73.2 cm³/mol. The summed E-state index contributed by atoms with van der Waals surface area (Å²) >= 11 is 0. The van der Waals surface area contributed by atoms with Crippen molar-refractivity contribution in [3.63, 3.8) is 0 Å². The summed E-state index contributed by atoms with van der Waals surface area (Å²) in [5.41, 5.74) is 2.34. The van der Waals surface area contributed by atoms with Crippen molar-refractivity contribution in [2.75, 3.05) is 0 Å². The molecular formula is C16H16F2O2. The fraction of sp³-hybridized carbons (Fsp3) is 0.250. The minimum atomic E-state index is -2.81. The molecule has 0 aliphatic carbocycles. The van der Waals surface area contributed by atoms with Gasteiger partial charge in [-0.3, -0.25) is 0 Å². The van der Waals surface area contributed by atoms with Crippen molar-refractivity contribution in [2.45, 2.75) is 26.6 Å². The van der Waals surface area contributed by atoms with Crippen molar-refractivity contribution in [3.05, 3.63) is 59.7 Å². The van der Waals surface area contributed by atoms with Crippen LogP contribution in [0.5, 0.6) is 11.5 Å². The van der Waals surface area contributed by atoms with Crippen LogP contribution in [0, 0.1) is 0 Å². The summed E-state index contributed by atoms with van der Waals surface area (Å²) in [4.78, 5) is 0. The molecule has 0 bridgehead atoms. The first kappa shape index (κ1) is 14.3. The maximum Gasteiger partial charge on any atom is 0.387 e.